The highest BCUT2D eigenvalue weighted by atomic mass is 35.5. The summed E-state index contributed by atoms with van der Waals surface area (Å²) in [7, 11) is 3.02. The Bertz CT molecular complexity index is 1630. The van der Waals surface area contributed by atoms with Crippen LogP contribution in [0, 0.1) is 5.41 Å². The Morgan fingerprint density at radius 2 is 1.85 bits per heavy atom. The maximum absolute atomic E-state index is 11.9. The van der Waals surface area contributed by atoms with E-state index in [9.17, 15) is 4.79 Å². The number of hydrogen-bond donors (Lipinski definition) is 0. The number of hydrogen-bond acceptors (Lipinski definition) is 8. The fourth-order valence-corrected chi connectivity index (χ4v) is 5.31. The van der Waals surface area contributed by atoms with Crippen molar-refractivity contribution in [3.63, 3.8) is 0 Å². The fraction of sp³-hybridized carbons (Fsp3) is 0.400. The van der Waals surface area contributed by atoms with Gasteiger partial charge in [0.15, 0.2) is 11.2 Å². The Hall–Kier alpha value is -3.56. The quantitative estimate of drug-likeness (QED) is 0.181. The molecule has 2 fully saturated rings. The molecular formula is C30H30Cl2N4O5. The van der Waals surface area contributed by atoms with Crippen LogP contribution in [0.2, 0.25) is 10.0 Å². The molecule has 2 aromatic carbocycles. The molecule has 214 valence electrons. The van der Waals surface area contributed by atoms with Gasteiger partial charge in [0.1, 0.15) is 29.3 Å². The maximum atomic E-state index is 11.9. The topological polar surface area (TPSA) is 97.6 Å². The summed E-state index contributed by atoms with van der Waals surface area (Å²) in [5, 5.41) is 0.988. The van der Waals surface area contributed by atoms with Gasteiger partial charge in [-0.2, -0.15) is 4.98 Å². The molecular weight excluding hydrogens is 567 g/mol. The molecule has 4 aromatic rings. The average Bonchev–Trinajstić information content (AvgIpc) is 3.86. The number of carbonyl (C=O) groups is 1. The van der Waals surface area contributed by atoms with Crippen molar-refractivity contribution in [1.29, 1.82) is 0 Å². The van der Waals surface area contributed by atoms with Crippen molar-refractivity contribution >= 4 is 40.3 Å². The molecule has 0 bridgehead atoms. The smallest absolute Gasteiger partial charge is 0.306 e. The molecule has 0 N–H and O–H groups in total. The third-order valence-electron chi connectivity index (χ3n) is 7.81. The molecule has 41 heavy (non-hydrogen) atoms. The first-order chi connectivity index (χ1) is 19.7. The minimum Gasteiger partial charge on any atom is -0.496 e. The number of esters is 1. The van der Waals surface area contributed by atoms with Gasteiger partial charge in [-0.3, -0.25) is 4.79 Å². The molecule has 0 unspecified atom stereocenters. The van der Waals surface area contributed by atoms with Crippen LogP contribution < -0.4 is 14.2 Å². The molecule has 11 heteroatoms. The molecule has 0 atom stereocenters. The van der Waals surface area contributed by atoms with Gasteiger partial charge in [0.2, 0.25) is 5.88 Å². The Balaban J connectivity index is 1.42. The number of fused-ring (bicyclic) bond motifs is 1. The van der Waals surface area contributed by atoms with Gasteiger partial charge in [-0.05, 0) is 62.9 Å². The number of aromatic nitrogens is 4. The highest BCUT2D eigenvalue weighted by Crippen LogP contribution is 2.50. The van der Waals surface area contributed by atoms with Gasteiger partial charge in [-0.15, -0.1) is 0 Å². The number of carbonyl (C=O) groups excluding carboxylic acids is 1. The first kappa shape index (κ1) is 27.6. The molecule has 2 aliphatic rings. The zero-order chi connectivity index (χ0) is 28.8. The van der Waals surface area contributed by atoms with E-state index in [0.717, 1.165) is 31.2 Å². The second-order valence-corrected chi connectivity index (χ2v) is 11.9. The number of rotatable bonds is 11. The second kappa shape index (κ2) is 10.7. The van der Waals surface area contributed by atoms with Gasteiger partial charge in [0, 0.05) is 21.6 Å². The summed E-state index contributed by atoms with van der Waals surface area (Å²) in [6.45, 7) is 2.77. The minimum absolute atomic E-state index is 0.219. The third kappa shape index (κ3) is 5.65. The average molecular weight is 597 g/mol. The Morgan fingerprint density at radius 1 is 1.05 bits per heavy atom. The zero-order valence-electron chi connectivity index (χ0n) is 23.1. The summed E-state index contributed by atoms with van der Waals surface area (Å²) >= 11 is 13.3. The van der Waals surface area contributed by atoms with Crippen LogP contribution in [0.3, 0.4) is 0 Å². The second-order valence-electron chi connectivity index (χ2n) is 11.0. The van der Waals surface area contributed by atoms with Crippen molar-refractivity contribution in [2.24, 2.45) is 5.41 Å². The molecule has 6 rings (SSSR count). The molecule has 0 radical (unpaired) electrons. The zero-order valence-corrected chi connectivity index (χ0v) is 24.6. The first-order valence-electron chi connectivity index (χ1n) is 13.4. The van der Waals surface area contributed by atoms with Crippen molar-refractivity contribution in [3.05, 3.63) is 58.3 Å². The van der Waals surface area contributed by atoms with E-state index in [4.69, 9.17) is 47.1 Å². The highest BCUT2D eigenvalue weighted by Gasteiger charge is 2.46. The number of ether oxygens (including phenoxy) is 4. The predicted octanol–water partition coefficient (Wildman–Crippen LogP) is 6.51. The number of halogens is 2. The molecule has 0 spiro atoms. The van der Waals surface area contributed by atoms with Gasteiger partial charge in [0.05, 0.1) is 38.8 Å². The SMILES string of the molecule is COC(=O)CC1(COc2cccc(-c3nc4c(OC5(C)CC5)ncnc4n3Cc3cc(Cl)ccc3OC)c2Cl)CC1. The lowest BCUT2D eigenvalue weighted by atomic mass is 10.0. The Kier molecular flexibility index (Phi) is 7.20. The third-order valence-corrected chi connectivity index (χ3v) is 8.43. The van der Waals surface area contributed by atoms with E-state index < -0.39 is 0 Å². The van der Waals surface area contributed by atoms with Crippen molar-refractivity contribution in [2.45, 2.75) is 51.2 Å². The van der Waals surface area contributed by atoms with Gasteiger partial charge >= 0.3 is 5.97 Å². The lowest BCUT2D eigenvalue weighted by Gasteiger charge is -2.17. The standard InChI is InChI=1S/C30H30Cl2N4O5/c1-29(9-10-29)41-28-25-27(33-17-34-28)36(15-18-13-19(31)7-8-21(18)38-2)26(35-25)20-5-4-6-22(24(20)32)40-16-30(11-12-30)14-23(37)39-3/h4-8,13,17H,9-12,14-16H2,1-3H3. The molecule has 2 aliphatic carbocycles. The van der Waals surface area contributed by atoms with E-state index >= 15 is 0 Å². The van der Waals surface area contributed by atoms with Crippen LogP contribution >= 0.6 is 23.2 Å². The molecule has 2 aromatic heterocycles. The van der Waals surface area contributed by atoms with Crippen molar-refractivity contribution in [1.82, 2.24) is 19.5 Å². The van der Waals surface area contributed by atoms with Crippen LogP contribution in [-0.4, -0.2) is 51.9 Å². The Labute approximate surface area is 247 Å². The Morgan fingerprint density at radius 3 is 2.56 bits per heavy atom. The van der Waals surface area contributed by atoms with E-state index in [1.54, 1.807) is 13.2 Å². The summed E-state index contributed by atoms with van der Waals surface area (Å²) < 4.78 is 24.9. The molecule has 0 saturated heterocycles. The van der Waals surface area contributed by atoms with E-state index in [-0.39, 0.29) is 17.0 Å². The van der Waals surface area contributed by atoms with E-state index in [1.807, 2.05) is 34.9 Å². The van der Waals surface area contributed by atoms with E-state index in [2.05, 4.69) is 16.9 Å². The van der Waals surface area contributed by atoms with Crippen LogP contribution in [0.25, 0.3) is 22.6 Å². The largest absolute Gasteiger partial charge is 0.496 e. The summed E-state index contributed by atoms with van der Waals surface area (Å²) in [6.07, 6.45) is 5.51. The lowest BCUT2D eigenvalue weighted by Crippen LogP contribution is -2.18. The van der Waals surface area contributed by atoms with Gasteiger partial charge < -0.3 is 23.5 Å². The first-order valence-corrected chi connectivity index (χ1v) is 14.2. The van der Waals surface area contributed by atoms with Crippen LogP contribution in [0.4, 0.5) is 0 Å². The number of imidazole rings is 1. The monoisotopic (exact) mass is 596 g/mol. The molecule has 9 nitrogen and oxygen atoms in total. The number of benzene rings is 2. The van der Waals surface area contributed by atoms with E-state index in [1.165, 1.54) is 13.4 Å². The fourth-order valence-electron chi connectivity index (χ4n) is 4.85. The summed E-state index contributed by atoms with van der Waals surface area (Å²) in [6, 6.07) is 11.0. The minimum atomic E-state index is -0.254. The van der Waals surface area contributed by atoms with Crippen LogP contribution in [0.1, 0.15) is 44.6 Å². The highest BCUT2D eigenvalue weighted by molar-refractivity contribution is 6.34. The molecule has 2 saturated carbocycles. The van der Waals surface area contributed by atoms with Gasteiger partial charge in [-0.25, -0.2) is 9.97 Å². The van der Waals surface area contributed by atoms with Crippen molar-refractivity contribution < 1.29 is 23.7 Å². The van der Waals surface area contributed by atoms with Crippen molar-refractivity contribution in [2.75, 3.05) is 20.8 Å². The van der Waals surface area contributed by atoms with Crippen LogP contribution in [0.15, 0.2) is 42.7 Å². The summed E-state index contributed by atoms with van der Waals surface area (Å²) in [4.78, 5) is 25.9. The van der Waals surface area contributed by atoms with Gasteiger partial charge in [-0.1, -0.05) is 29.3 Å². The molecule has 2 heterocycles. The molecule has 0 amide bonds. The summed E-state index contributed by atoms with van der Waals surface area (Å²) in [5.74, 6) is 1.94. The number of methoxy groups -OCH3 is 2. The number of nitrogens with zero attached hydrogens (tertiary/aromatic N) is 4. The van der Waals surface area contributed by atoms with Gasteiger partial charge in [0.25, 0.3) is 0 Å². The lowest BCUT2D eigenvalue weighted by molar-refractivity contribution is -0.142. The van der Waals surface area contributed by atoms with Crippen LogP contribution in [-0.2, 0) is 16.1 Å². The summed E-state index contributed by atoms with van der Waals surface area (Å²) in [5.41, 5.74) is 2.16. The normalized spacial score (nSPS) is 16.3. The maximum Gasteiger partial charge on any atom is 0.306 e. The van der Waals surface area contributed by atoms with E-state index in [0.29, 0.717) is 69.5 Å². The molecule has 0 aliphatic heterocycles. The van der Waals surface area contributed by atoms with Crippen molar-refractivity contribution in [3.8, 4) is 28.8 Å². The predicted molar refractivity (Wildman–Crippen MR) is 155 cm³/mol. The van der Waals surface area contributed by atoms with Crippen LogP contribution in [0.5, 0.6) is 17.4 Å².